The molecular weight excluding hydrogens is 372 g/mol. The van der Waals surface area contributed by atoms with Crippen LogP contribution in [0.25, 0.3) is 6.08 Å². The summed E-state index contributed by atoms with van der Waals surface area (Å²) in [4.78, 5) is 25.0. The van der Waals surface area contributed by atoms with E-state index in [4.69, 9.17) is 4.74 Å². The highest BCUT2D eigenvalue weighted by molar-refractivity contribution is 6.09. The van der Waals surface area contributed by atoms with Gasteiger partial charge in [-0.3, -0.25) is 4.79 Å². The molecule has 6 heteroatoms. The lowest BCUT2D eigenvalue weighted by atomic mass is 10.1. The SMILES string of the molecule is Cc1ccc(C(=O)Oc2cc(O)ccc2C(=O)/C=C/c2ccc(O)c(O)c2)cc1. The number of allylic oxidation sites excluding steroid dienone is 1. The van der Waals surface area contributed by atoms with E-state index in [-0.39, 0.29) is 28.6 Å². The van der Waals surface area contributed by atoms with E-state index >= 15 is 0 Å². The van der Waals surface area contributed by atoms with Gasteiger partial charge in [-0.15, -0.1) is 0 Å². The van der Waals surface area contributed by atoms with Crippen molar-refractivity contribution in [3.63, 3.8) is 0 Å². The minimum Gasteiger partial charge on any atom is -0.508 e. The minimum absolute atomic E-state index is 0.0706. The van der Waals surface area contributed by atoms with Crippen molar-refractivity contribution in [2.24, 2.45) is 0 Å². The van der Waals surface area contributed by atoms with Gasteiger partial charge in [0.05, 0.1) is 11.1 Å². The molecule has 146 valence electrons. The van der Waals surface area contributed by atoms with Crippen LogP contribution in [-0.2, 0) is 0 Å². The molecule has 0 spiro atoms. The molecule has 3 aromatic rings. The standard InChI is InChI=1S/C23H18O6/c1-14-2-6-16(7-3-14)23(28)29-22-13-17(24)8-9-18(22)19(25)10-4-15-5-11-20(26)21(27)12-15/h2-13,24,26-27H,1H3/b10-4+. The zero-order valence-corrected chi connectivity index (χ0v) is 15.5. The smallest absolute Gasteiger partial charge is 0.343 e. The van der Waals surface area contributed by atoms with Crippen LogP contribution in [-0.4, -0.2) is 27.1 Å². The first-order valence-electron chi connectivity index (χ1n) is 8.70. The Morgan fingerprint density at radius 3 is 2.28 bits per heavy atom. The summed E-state index contributed by atoms with van der Waals surface area (Å²) >= 11 is 0. The zero-order valence-electron chi connectivity index (χ0n) is 15.5. The Labute approximate surface area is 166 Å². The van der Waals surface area contributed by atoms with Crippen LogP contribution in [0, 0.1) is 6.92 Å². The van der Waals surface area contributed by atoms with E-state index in [0.29, 0.717) is 11.1 Å². The van der Waals surface area contributed by atoms with Gasteiger partial charge >= 0.3 is 5.97 Å². The lowest BCUT2D eigenvalue weighted by Crippen LogP contribution is -2.11. The van der Waals surface area contributed by atoms with Gasteiger partial charge in [0, 0.05) is 6.07 Å². The molecule has 0 aliphatic carbocycles. The fraction of sp³-hybridized carbons (Fsp3) is 0.0435. The van der Waals surface area contributed by atoms with Crippen LogP contribution >= 0.6 is 0 Å². The first-order chi connectivity index (χ1) is 13.8. The Kier molecular flexibility index (Phi) is 5.64. The average Bonchev–Trinajstić information content (AvgIpc) is 2.69. The van der Waals surface area contributed by atoms with Crippen LogP contribution in [0.2, 0.25) is 0 Å². The Morgan fingerprint density at radius 1 is 0.862 bits per heavy atom. The van der Waals surface area contributed by atoms with Crippen molar-refractivity contribution in [1.82, 2.24) is 0 Å². The Hall–Kier alpha value is -4.06. The first kappa shape index (κ1) is 19.7. The topological polar surface area (TPSA) is 104 Å². The van der Waals surface area contributed by atoms with E-state index in [1.165, 1.54) is 48.6 Å². The summed E-state index contributed by atoms with van der Waals surface area (Å²) in [6.45, 7) is 1.89. The molecule has 0 amide bonds. The molecule has 29 heavy (non-hydrogen) atoms. The van der Waals surface area contributed by atoms with E-state index in [0.717, 1.165) is 5.56 Å². The normalized spacial score (nSPS) is 10.8. The Morgan fingerprint density at radius 2 is 1.59 bits per heavy atom. The summed E-state index contributed by atoms with van der Waals surface area (Å²) in [6.07, 6.45) is 2.68. The average molecular weight is 390 g/mol. The summed E-state index contributed by atoms with van der Waals surface area (Å²) in [5.74, 6) is -1.92. The number of rotatable bonds is 5. The van der Waals surface area contributed by atoms with Crippen molar-refractivity contribution in [2.45, 2.75) is 6.92 Å². The van der Waals surface area contributed by atoms with Gasteiger partial charge in [-0.1, -0.05) is 29.8 Å². The molecule has 6 nitrogen and oxygen atoms in total. The van der Waals surface area contributed by atoms with Gasteiger partial charge in [0.2, 0.25) is 0 Å². The van der Waals surface area contributed by atoms with Crippen molar-refractivity contribution in [3.05, 3.63) is 89.0 Å². The maximum absolute atomic E-state index is 12.6. The molecule has 0 bridgehead atoms. The van der Waals surface area contributed by atoms with E-state index in [1.807, 2.05) is 6.92 Å². The molecule has 3 rings (SSSR count). The molecule has 0 atom stereocenters. The molecule has 0 unspecified atom stereocenters. The van der Waals surface area contributed by atoms with E-state index in [9.17, 15) is 24.9 Å². The number of phenols is 3. The van der Waals surface area contributed by atoms with Crippen molar-refractivity contribution < 1.29 is 29.6 Å². The lowest BCUT2D eigenvalue weighted by Gasteiger charge is -2.09. The Bertz CT molecular complexity index is 1100. The van der Waals surface area contributed by atoms with Crippen molar-refractivity contribution in [1.29, 1.82) is 0 Å². The number of aromatic hydroxyl groups is 3. The van der Waals surface area contributed by atoms with Gasteiger partial charge in [-0.25, -0.2) is 4.79 Å². The summed E-state index contributed by atoms with van der Waals surface area (Å²) < 4.78 is 5.33. The van der Waals surface area contributed by atoms with Crippen LogP contribution < -0.4 is 4.74 Å². The van der Waals surface area contributed by atoms with Crippen molar-refractivity contribution in [3.8, 4) is 23.0 Å². The van der Waals surface area contributed by atoms with Crippen molar-refractivity contribution in [2.75, 3.05) is 0 Å². The highest BCUT2D eigenvalue weighted by Crippen LogP contribution is 2.27. The molecule has 3 aromatic carbocycles. The van der Waals surface area contributed by atoms with E-state index in [1.54, 1.807) is 24.3 Å². The van der Waals surface area contributed by atoms with Crippen LogP contribution in [0.15, 0.2) is 66.7 Å². The third-order valence-electron chi connectivity index (χ3n) is 4.15. The molecule has 0 radical (unpaired) electrons. The quantitative estimate of drug-likeness (QED) is 0.198. The molecule has 0 heterocycles. The summed E-state index contributed by atoms with van der Waals surface area (Å²) in [6, 6.07) is 14.7. The summed E-state index contributed by atoms with van der Waals surface area (Å²) in [5.41, 5.74) is 1.88. The number of ketones is 1. The van der Waals surface area contributed by atoms with Crippen LogP contribution in [0.4, 0.5) is 0 Å². The van der Waals surface area contributed by atoms with Crippen LogP contribution in [0.1, 0.15) is 31.8 Å². The third-order valence-corrected chi connectivity index (χ3v) is 4.15. The molecule has 3 N–H and O–H groups in total. The number of hydrogen-bond donors (Lipinski definition) is 3. The number of aryl methyl sites for hydroxylation is 1. The molecule has 0 saturated heterocycles. The third kappa shape index (κ3) is 4.81. The maximum Gasteiger partial charge on any atom is 0.343 e. The van der Waals surface area contributed by atoms with Crippen LogP contribution in [0.5, 0.6) is 23.0 Å². The number of carbonyl (C=O) groups excluding carboxylic acids is 2. The molecule has 0 saturated carbocycles. The minimum atomic E-state index is -0.655. The first-order valence-corrected chi connectivity index (χ1v) is 8.70. The van der Waals surface area contributed by atoms with Crippen LogP contribution in [0.3, 0.4) is 0 Å². The second kappa shape index (κ2) is 8.31. The number of esters is 1. The number of ether oxygens (including phenoxy) is 1. The highest BCUT2D eigenvalue weighted by atomic mass is 16.5. The number of phenolic OH excluding ortho intramolecular Hbond substituents is 3. The summed E-state index contributed by atoms with van der Waals surface area (Å²) in [7, 11) is 0. The fourth-order valence-corrected chi connectivity index (χ4v) is 2.55. The van der Waals surface area contributed by atoms with Gasteiger partial charge in [0.15, 0.2) is 17.3 Å². The second-order valence-corrected chi connectivity index (χ2v) is 6.38. The maximum atomic E-state index is 12.6. The van der Waals surface area contributed by atoms with Gasteiger partial charge in [-0.2, -0.15) is 0 Å². The molecule has 0 aliphatic heterocycles. The predicted molar refractivity (Wildman–Crippen MR) is 107 cm³/mol. The molecule has 0 fully saturated rings. The van der Waals surface area contributed by atoms with Gasteiger partial charge < -0.3 is 20.1 Å². The fourth-order valence-electron chi connectivity index (χ4n) is 2.55. The molecule has 0 aliphatic rings. The molecule has 0 aromatic heterocycles. The number of carbonyl (C=O) groups is 2. The monoisotopic (exact) mass is 390 g/mol. The van der Waals surface area contributed by atoms with Crippen molar-refractivity contribution >= 4 is 17.8 Å². The number of benzene rings is 3. The molecular formula is C23H18O6. The number of hydrogen-bond acceptors (Lipinski definition) is 6. The van der Waals surface area contributed by atoms with Gasteiger partial charge in [-0.05, 0) is 55.0 Å². The van der Waals surface area contributed by atoms with E-state index in [2.05, 4.69) is 0 Å². The highest BCUT2D eigenvalue weighted by Gasteiger charge is 2.16. The lowest BCUT2D eigenvalue weighted by molar-refractivity contribution is 0.0733. The van der Waals surface area contributed by atoms with E-state index < -0.39 is 11.8 Å². The second-order valence-electron chi connectivity index (χ2n) is 6.38. The Balaban J connectivity index is 1.84. The largest absolute Gasteiger partial charge is 0.508 e. The summed E-state index contributed by atoms with van der Waals surface area (Å²) in [5, 5.41) is 28.6. The van der Waals surface area contributed by atoms with Gasteiger partial charge in [0.25, 0.3) is 0 Å². The predicted octanol–water partition coefficient (Wildman–Crippen LogP) is 4.23. The van der Waals surface area contributed by atoms with Gasteiger partial charge in [0.1, 0.15) is 11.5 Å². The zero-order chi connectivity index (χ0) is 21.0.